The minimum absolute atomic E-state index is 0.126. The average molecular weight is 372 g/mol. The Kier molecular flexibility index (Phi) is 7.05. The summed E-state index contributed by atoms with van der Waals surface area (Å²) in [5, 5.41) is 5.56. The minimum Gasteiger partial charge on any atom is -0.496 e. The highest BCUT2D eigenvalue weighted by molar-refractivity contribution is 5.88. The van der Waals surface area contributed by atoms with Crippen molar-refractivity contribution in [2.45, 2.75) is 19.9 Å². The van der Waals surface area contributed by atoms with Gasteiger partial charge in [0.25, 0.3) is 0 Å². The van der Waals surface area contributed by atoms with Crippen LogP contribution in [-0.2, 0) is 22.6 Å². The minimum atomic E-state index is -0.135. The number of anilines is 1. The number of carbonyl (C=O) groups is 2. The monoisotopic (exact) mass is 372 g/mol. The van der Waals surface area contributed by atoms with Gasteiger partial charge in [0.05, 0.1) is 27.8 Å². The highest BCUT2D eigenvalue weighted by atomic mass is 16.5. The maximum absolute atomic E-state index is 12.2. The van der Waals surface area contributed by atoms with Crippen LogP contribution in [0.3, 0.4) is 0 Å². The Morgan fingerprint density at radius 1 is 0.889 bits per heavy atom. The Bertz CT molecular complexity index is 803. The van der Waals surface area contributed by atoms with Crippen molar-refractivity contribution >= 4 is 17.5 Å². The van der Waals surface area contributed by atoms with Gasteiger partial charge in [0.1, 0.15) is 5.75 Å². The molecule has 0 fully saturated rings. The molecule has 0 radical (unpaired) electrons. The number of amides is 2. The van der Waals surface area contributed by atoms with Crippen LogP contribution >= 0.6 is 0 Å². The lowest BCUT2D eigenvalue weighted by atomic mass is 10.1. The lowest BCUT2D eigenvalue weighted by Gasteiger charge is -2.14. The SMILES string of the molecule is COc1cc(OC)c(OC)cc1CNC(=O)Cc1ccc(NC(C)=O)cc1. The summed E-state index contributed by atoms with van der Waals surface area (Å²) in [6, 6.07) is 10.6. The van der Waals surface area contributed by atoms with Crippen molar-refractivity contribution in [3.63, 3.8) is 0 Å². The molecule has 27 heavy (non-hydrogen) atoms. The highest BCUT2D eigenvalue weighted by Crippen LogP contribution is 2.34. The van der Waals surface area contributed by atoms with Gasteiger partial charge in [-0.2, -0.15) is 0 Å². The van der Waals surface area contributed by atoms with E-state index in [4.69, 9.17) is 14.2 Å². The van der Waals surface area contributed by atoms with Gasteiger partial charge in [-0.3, -0.25) is 9.59 Å². The van der Waals surface area contributed by atoms with Crippen LogP contribution in [0.4, 0.5) is 5.69 Å². The molecule has 0 heterocycles. The number of rotatable bonds is 8. The Morgan fingerprint density at radius 3 is 2.04 bits per heavy atom. The fraction of sp³-hybridized carbons (Fsp3) is 0.300. The molecule has 0 unspecified atom stereocenters. The molecule has 0 aliphatic rings. The van der Waals surface area contributed by atoms with E-state index in [0.29, 0.717) is 29.5 Å². The second-order valence-corrected chi connectivity index (χ2v) is 5.85. The van der Waals surface area contributed by atoms with Crippen molar-refractivity contribution in [1.82, 2.24) is 5.32 Å². The highest BCUT2D eigenvalue weighted by Gasteiger charge is 2.13. The molecule has 2 rings (SSSR count). The first-order chi connectivity index (χ1) is 13.0. The fourth-order valence-electron chi connectivity index (χ4n) is 2.58. The van der Waals surface area contributed by atoms with Gasteiger partial charge in [-0.1, -0.05) is 12.1 Å². The molecular weight excluding hydrogens is 348 g/mol. The van der Waals surface area contributed by atoms with E-state index < -0.39 is 0 Å². The third-order valence-electron chi connectivity index (χ3n) is 3.90. The van der Waals surface area contributed by atoms with Crippen molar-refractivity contribution < 1.29 is 23.8 Å². The van der Waals surface area contributed by atoms with Gasteiger partial charge in [0.15, 0.2) is 11.5 Å². The molecule has 7 nitrogen and oxygen atoms in total. The van der Waals surface area contributed by atoms with E-state index in [9.17, 15) is 9.59 Å². The van der Waals surface area contributed by atoms with Crippen LogP contribution in [0.15, 0.2) is 36.4 Å². The van der Waals surface area contributed by atoms with E-state index in [2.05, 4.69) is 10.6 Å². The third-order valence-corrected chi connectivity index (χ3v) is 3.90. The number of ether oxygens (including phenoxy) is 3. The zero-order valence-corrected chi connectivity index (χ0v) is 15.9. The maximum atomic E-state index is 12.2. The fourth-order valence-corrected chi connectivity index (χ4v) is 2.58. The van der Waals surface area contributed by atoms with Crippen molar-refractivity contribution in [3.8, 4) is 17.2 Å². The van der Waals surface area contributed by atoms with Crippen molar-refractivity contribution in [3.05, 3.63) is 47.5 Å². The van der Waals surface area contributed by atoms with Gasteiger partial charge < -0.3 is 24.8 Å². The molecule has 0 bridgehead atoms. The topological polar surface area (TPSA) is 85.9 Å². The van der Waals surface area contributed by atoms with Crippen LogP contribution in [-0.4, -0.2) is 33.1 Å². The predicted molar refractivity (Wildman–Crippen MR) is 102 cm³/mol. The molecular formula is C20H24N2O5. The van der Waals surface area contributed by atoms with Crippen LogP contribution < -0.4 is 24.8 Å². The third kappa shape index (κ3) is 5.64. The van der Waals surface area contributed by atoms with Crippen molar-refractivity contribution in [1.29, 1.82) is 0 Å². The summed E-state index contributed by atoms with van der Waals surface area (Å²) in [6.45, 7) is 1.75. The van der Waals surface area contributed by atoms with Crippen molar-refractivity contribution in [2.75, 3.05) is 26.6 Å². The lowest BCUT2D eigenvalue weighted by molar-refractivity contribution is -0.120. The summed E-state index contributed by atoms with van der Waals surface area (Å²) in [6.07, 6.45) is 0.232. The van der Waals surface area contributed by atoms with Gasteiger partial charge in [0.2, 0.25) is 11.8 Å². The summed E-state index contributed by atoms with van der Waals surface area (Å²) in [4.78, 5) is 23.3. The maximum Gasteiger partial charge on any atom is 0.224 e. The number of hydrogen-bond donors (Lipinski definition) is 2. The summed E-state index contributed by atoms with van der Waals surface area (Å²) >= 11 is 0. The van der Waals surface area contributed by atoms with E-state index in [0.717, 1.165) is 11.1 Å². The average Bonchev–Trinajstić information content (AvgIpc) is 2.66. The molecule has 2 amide bonds. The van der Waals surface area contributed by atoms with Gasteiger partial charge in [-0.25, -0.2) is 0 Å². The second kappa shape index (κ2) is 9.47. The molecule has 0 aliphatic heterocycles. The molecule has 2 aromatic carbocycles. The smallest absolute Gasteiger partial charge is 0.224 e. The second-order valence-electron chi connectivity index (χ2n) is 5.85. The van der Waals surface area contributed by atoms with Crippen LogP contribution in [0.2, 0.25) is 0 Å². The van der Waals surface area contributed by atoms with E-state index in [1.807, 2.05) is 12.1 Å². The molecule has 0 saturated heterocycles. The number of benzene rings is 2. The molecule has 0 atom stereocenters. The molecule has 2 N–H and O–H groups in total. The van der Waals surface area contributed by atoms with Gasteiger partial charge in [-0.15, -0.1) is 0 Å². The Labute approximate surface area is 158 Å². The zero-order chi connectivity index (χ0) is 19.8. The predicted octanol–water partition coefficient (Wildman–Crippen LogP) is 2.53. The first-order valence-electron chi connectivity index (χ1n) is 8.39. The van der Waals surface area contributed by atoms with E-state index in [1.54, 1.807) is 45.6 Å². The Balaban J connectivity index is 1.99. The standard InChI is InChI=1S/C20H24N2O5/c1-13(23)22-16-7-5-14(6-8-16)9-20(24)21-12-15-10-18(26-3)19(27-4)11-17(15)25-2/h5-8,10-11H,9,12H2,1-4H3,(H,21,24)(H,22,23). The summed E-state index contributed by atoms with van der Waals surface area (Å²) < 4.78 is 15.9. The number of methoxy groups -OCH3 is 3. The normalized spacial score (nSPS) is 10.1. The molecule has 0 aliphatic carbocycles. The van der Waals surface area contributed by atoms with Gasteiger partial charge in [-0.05, 0) is 23.8 Å². The molecule has 0 saturated carbocycles. The quantitative estimate of drug-likeness (QED) is 0.744. The molecule has 0 spiro atoms. The summed E-state index contributed by atoms with van der Waals surface area (Å²) in [5.74, 6) is 1.47. The first-order valence-corrected chi connectivity index (χ1v) is 8.39. The number of nitrogens with one attached hydrogen (secondary N) is 2. The van der Waals surface area contributed by atoms with Crippen LogP contribution in [0, 0.1) is 0 Å². The van der Waals surface area contributed by atoms with Gasteiger partial charge in [0, 0.05) is 30.8 Å². The summed E-state index contributed by atoms with van der Waals surface area (Å²) in [5.41, 5.74) is 2.33. The van der Waals surface area contributed by atoms with E-state index in [1.165, 1.54) is 6.92 Å². The zero-order valence-electron chi connectivity index (χ0n) is 15.9. The lowest BCUT2D eigenvalue weighted by Crippen LogP contribution is -2.24. The number of carbonyl (C=O) groups excluding carboxylic acids is 2. The number of hydrogen-bond acceptors (Lipinski definition) is 5. The molecule has 7 heteroatoms. The van der Waals surface area contributed by atoms with Crippen LogP contribution in [0.25, 0.3) is 0 Å². The summed E-state index contributed by atoms with van der Waals surface area (Å²) in [7, 11) is 4.66. The van der Waals surface area contributed by atoms with Crippen molar-refractivity contribution in [2.24, 2.45) is 0 Å². The Hall–Kier alpha value is -3.22. The van der Waals surface area contributed by atoms with E-state index in [-0.39, 0.29) is 18.2 Å². The molecule has 144 valence electrons. The molecule has 0 aromatic heterocycles. The van der Waals surface area contributed by atoms with Gasteiger partial charge >= 0.3 is 0 Å². The first kappa shape index (κ1) is 20.1. The van der Waals surface area contributed by atoms with Crippen LogP contribution in [0.1, 0.15) is 18.1 Å². The van der Waals surface area contributed by atoms with Crippen LogP contribution in [0.5, 0.6) is 17.2 Å². The largest absolute Gasteiger partial charge is 0.496 e. The molecule has 2 aromatic rings. The van der Waals surface area contributed by atoms with E-state index >= 15 is 0 Å². The Morgan fingerprint density at radius 2 is 1.48 bits per heavy atom.